The summed E-state index contributed by atoms with van der Waals surface area (Å²) in [5.41, 5.74) is 3.00. The second kappa shape index (κ2) is 16.2. The number of nitrogens with zero attached hydrogens (tertiary/aromatic N) is 3. The molecule has 47 heavy (non-hydrogen) atoms. The number of rotatable bonds is 10. The summed E-state index contributed by atoms with van der Waals surface area (Å²) in [7, 11) is 0. The third-order valence-corrected chi connectivity index (χ3v) is 11.8. The van der Waals surface area contributed by atoms with Gasteiger partial charge in [-0.05, 0) is 50.0 Å². The van der Waals surface area contributed by atoms with Crippen LogP contribution in [-0.2, 0) is 46.7 Å². The molecule has 0 spiro atoms. The molecule has 2 aromatic rings. The number of amides is 2. The highest BCUT2D eigenvalue weighted by molar-refractivity contribution is 9.27. The molecular formula is C30H28Br5N3O9. The highest BCUT2D eigenvalue weighted by Gasteiger charge is 2.63. The van der Waals surface area contributed by atoms with Gasteiger partial charge in [-0.25, -0.2) is 9.59 Å². The minimum Gasteiger partial charge on any atom is -0.456 e. The summed E-state index contributed by atoms with van der Waals surface area (Å²) < 4.78 is 8.20. The molecule has 0 N–H and O–H groups in total. The van der Waals surface area contributed by atoms with Crippen molar-refractivity contribution in [3.05, 3.63) is 104 Å². The van der Waals surface area contributed by atoms with Crippen LogP contribution in [0.4, 0.5) is 0 Å². The summed E-state index contributed by atoms with van der Waals surface area (Å²) in [6, 6.07) is 18.4. The van der Waals surface area contributed by atoms with Crippen molar-refractivity contribution in [1.82, 2.24) is 9.80 Å². The average molecular weight is 974 g/mol. The summed E-state index contributed by atoms with van der Waals surface area (Å²) in [6.45, 7) is 6.91. The number of carbonyl (C=O) groups excluding carboxylic acids is 4. The van der Waals surface area contributed by atoms with Crippen molar-refractivity contribution in [2.45, 2.75) is 58.6 Å². The van der Waals surface area contributed by atoms with Crippen LogP contribution in [0.3, 0.4) is 0 Å². The normalized spacial score (nSPS) is 18.7. The number of halogens is 5. The SMILES string of the molecule is CC(C)=C(C(=O)OCc1ccccc1)N1C(=O)C(Br)(Br)C1Br.CC(C)=C(C(=O)OCc1ccccc1)N1C(=O)C(Br)(Br)C1O[N+](=O)[O-]. The number of likely N-dealkylation sites (tertiary alicyclic amines) is 2. The molecule has 0 aliphatic carbocycles. The molecule has 2 aromatic carbocycles. The molecule has 12 nitrogen and oxygen atoms in total. The number of esters is 2. The predicted octanol–water partition coefficient (Wildman–Crippen LogP) is 6.96. The molecular weight excluding hydrogens is 946 g/mol. The fraction of sp³-hybridized carbons (Fsp3) is 0.333. The lowest BCUT2D eigenvalue weighted by molar-refractivity contribution is -0.775. The van der Waals surface area contributed by atoms with Crippen LogP contribution in [0.5, 0.6) is 0 Å². The van der Waals surface area contributed by atoms with Gasteiger partial charge in [0.25, 0.3) is 16.9 Å². The predicted molar refractivity (Wildman–Crippen MR) is 189 cm³/mol. The molecule has 2 atom stereocenters. The summed E-state index contributed by atoms with van der Waals surface area (Å²) in [4.78, 5) is 66.4. The zero-order chi connectivity index (χ0) is 35.3. The van der Waals surface area contributed by atoms with Gasteiger partial charge in [-0.2, -0.15) is 0 Å². The van der Waals surface area contributed by atoms with Gasteiger partial charge in [0.1, 0.15) is 29.6 Å². The van der Waals surface area contributed by atoms with Crippen LogP contribution < -0.4 is 0 Å². The highest BCUT2D eigenvalue weighted by Crippen LogP contribution is 2.50. The van der Waals surface area contributed by atoms with Crippen molar-refractivity contribution >= 4 is 103 Å². The van der Waals surface area contributed by atoms with E-state index in [1.54, 1.807) is 52.0 Å². The van der Waals surface area contributed by atoms with Crippen molar-refractivity contribution in [1.29, 1.82) is 0 Å². The Hall–Kier alpha value is -2.60. The minimum absolute atomic E-state index is 0.00696. The Balaban J connectivity index is 0.000000257. The van der Waals surface area contributed by atoms with Crippen LogP contribution in [0.2, 0.25) is 0 Å². The highest BCUT2D eigenvalue weighted by atomic mass is 79.9. The lowest BCUT2D eigenvalue weighted by Gasteiger charge is -2.48. The summed E-state index contributed by atoms with van der Waals surface area (Å²) >= 11 is 16.0. The second-order valence-corrected chi connectivity index (χ2v) is 18.4. The molecule has 2 amide bonds. The summed E-state index contributed by atoms with van der Waals surface area (Å²) in [5, 5.41) is 9.66. The number of hydrogen-bond donors (Lipinski definition) is 0. The number of ether oxygens (including phenoxy) is 2. The van der Waals surface area contributed by atoms with E-state index in [2.05, 4.69) is 84.5 Å². The molecule has 4 rings (SSSR count). The largest absolute Gasteiger partial charge is 0.456 e. The summed E-state index contributed by atoms with van der Waals surface area (Å²) in [6.07, 6.45) is -1.34. The van der Waals surface area contributed by atoms with Crippen LogP contribution in [0.25, 0.3) is 0 Å². The molecule has 2 saturated heterocycles. The van der Waals surface area contributed by atoms with Crippen molar-refractivity contribution in [2.24, 2.45) is 0 Å². The van der Waals surface area contributed by atoms with Crippen LogP contribution in [0.1, 0.15) is 38.8 Å². The Labute approximate surface area is 312 Å². The molecule has 17 heteroatoms. The standard InChI is InChI=1S/C15H14Br3NO3.C15H14Br2N2O6/c1-9(2)11(19-13(16)15(17,18)14(19)21)12(20)22-8-10-6-4-3-5-7-10;1-9(2)11(12(20)24-8-10-6-4-3-5-7-10)18-13(21)15(16,17)14(18)25-19(22)23/h3-7,13H,8H2,1-2H3;3-7,14H,8H2,1-2H3. The Morgan fingerprint density at radius 3 is 1.49 bits per heavy atom. The summed E-state index contributed by atoms with van der Waals surface area (Å²) in [5.74, 6) is -2.14. The van der Waals surface area contributed by atoms with Gasteiger partial charge in [-0.3, -0.25) is 24.2 Å². The number of carbonyl (C=O) groups is 4. The lowest BCUT2D eigenvalue weighted by atomic mass is 10.1. The van der Waals surface area contributed by atoms with Gasteiger partial charge >= 0.3 is 11.9 Å². The van der Waals surface area contributed by atoms with E-state index in [0.717, 1.165) is 16.0 Å². The molecule has 0 bridgehead atoms. The number of β-lactam (4-membered cyclic amide) rings is 2. The van der Waals surface area contributed by atoms with Crippen LogP contribution in [-0.4, -0.2) is 56.3 Å². The van der Waals surface area contributed by atoms with E-state index in [-0.39, 0.29) is 35.5 Å². The first-order chi connectivity index (χ1) is 21.9. The third kappa shape index (κ3) is 8.90. The third-order valence-electron chi connectivity index (χ3n) is 6.51. The molecule has 2 fully saturated rings. The molecule has 0 aromatic heterocycles. The van der Waals surface area contributed by atoms with Crippen LogP contribution in [0, 0.1) is 10.1 Å². The molecule has 0 radical (unpaired) electrons. The van der Waals surface area contributed by atoms with E-state index >= 15 is 0 Å². The van der Waals surface area contributed by atoms with E-state index in [1.165, 1.54) is 4.90 Å². The fourth-order valence-corrected chi connectivity index (χ4v) is 6.57. The van der Waals surface area contributed by atoms with Gasteiger partial charge < -0.3 is 9.47 Å². The molecule has 252 valence electrons. The van der Waals surface area contributed by atoms with Gasteiger partial charge in [0.2, 0.25) is 9.46 Å². The van der Waals surface area contributed by atoms with Gasteiger partial charge in [0.15, 0.2) is 3.23 Å². The minimum atomic E-state index is -1.48. The maximum atomic E-state index is 12.5. The molecule has 2 aliphatic heterocycles. The number of allylic oxidation sites excluding steroid dienone is 2. The van der Waals surface area contributed by atoms with Crippen LogP contribution in [0.15, 0.2) is 83.2 Å². The zero-order valence-corrected chi connectivity index (χ0v) is 33.2. The van der Waals surface area contributed by atoms with Crippen LogP contribution >= 0.6 is 79.6 Å². The zero-order valence-electron chi connectivity index (χ0n) is 25.2. The fourth-order valence-electron chi connectivity index (χ4n) is 4.23. The van der Waals surface area contributed by atoms with E-state index in [4.69, 9.17) is 9.47 Å². The first kappa shape index (κ1) is 38.8. The van der Waals surface area contributed by atoms with E-state index < -0.39 is 35.6 Å². The quantitative estimate of drug-likeness (QED) is 0.0470. The van der Waals surface area contributed by atoms with Crippen molar-refractivity contribution in [3.63, 3.8) is 0 Å². The monoisotopic (exact) mass is 969 g/mol. The average Bonchev–Trinajstić information content (AvgIpc) is 3.03. The van der Waals surface area contributed by atoms with Gasteiger partial charge in [0, 0.05) is 0 Å². The Morgan fingerprint density at radius 1 is 0.745 bits per heavy atom. The first-order valence-electron chi connectivity index (χ1n) is 13.6. The van der Waals surface area contributed by atoms with Gasteiger partial charge in [-0.1, -0.05) is 140 Å². The first-order valence-corrected chi connectivity index (χ1v) is 17.7. The molecule has 2 heterocycles. The topological polar surface area (TPSA) is 146 Å². The van der Waals surface area contributed by atoms with E-state index in [0.29, 0.717) is 11.1 Å². The Morgan fingerprint density at radius 2 is 1.13 bits per heavy atom. The second-order valence-electron chi connectivity index (χ2n) is 10.4. The number of hydrogen-bond acceptors (Lipinski definition) is 9. The van der Waals surface area contributed by atoms with Crippen molar-refractivity contribution < 1.29 is 38.6 Å². The molecule has 0 saturated carbocycles. The van der Waals surface area contributed by atoms with Gasteiger partial charge in [-0.15, -0.1) is 10.1 Å². The maximum Gasteiger partial charge on any atom is 0.355 e. The number of benzene rings is 2. The maximum absolute atomic E-state index is 12.5. The Bertz CT molecular complexity index is 1590. The molecule has 2 aliphatic rings. The number of alkyl halides is 5. The Kier molecular flexibility index (Phi) is 13.4. The van der Waals surface area contributed by atoms with E-state index in [9.17, 15) is 29.3 Å². The molecule has 2 unspecified atom stereocenters. The smallest absolute Gasteiger partial charge is 0.355 e. The van der Waals surface area contributed by atoms with Gasteiger partial charge in [0.05, 0.1) is 0 Å². The lowest BCUT2D eigenvalue weighted by Crippen LogP contribution is -2.69. The van der Waals surface area contributed by atoms with Crippen molar-refractivity contribution in [3.8, 4) is 0 Å². The van der Waals surface area contributed by atoms with E-state index in [1.807, 2.05) is 36.4 Å². The van der Waals surface area contributed by atoms with Crippen molar-refractivity contribution in [2.75, 3.05) is 0 Å².